The van der Waals surface area contributed by atoms with Gasteiger partial charge in [0, 0.05) is 32.2 Å². The topological polar surface area (TPSA) is 67.6 Å². The molecule has 2 aromatic heterocycles. The van der Waals surface area contributed by atoms with E-state index in [9.17, 15) is 4.79 Å². The van der Waals surface area contributed by atoms with Crippen LogP contribution in [0.15, 0.2) is 47.0 Å². The molecule has 0 saturated heterocycles. The maximum absolute atomic E-state index is 12.6. The van der Waals surface area contributed by atoms with Gasteiger partial charge in [0.15, 0.2) is 5.76 Å². The van der Waals surface area contributed by atoms with E-state index in [1.807, 2.05) is 49.3 Å². The van der Waals surface area contributed by atoms with Crippen LogP contribution in [0, 0.1) is 0 Å². The minimum absolute atomic E-state index is 0.259. The standard InChI is InChI=1S/C18H19N3O3/c1-21(2)16-9-8-12(10-19-16)20-18(22)17-14(11-23-3)13-6-4-5-7-15(13)24-17/h4-10H,11H2,1-3H3,(H,20,22). The second-order valence-electron chi connectivity index (χ2n) is 5.59. The first kappa shape index (κ1) is 16.0. The summed E-state index contributed by atoms with van der Waals surface area (Å²) in [5, 5.41) is 3.70. The largest absolute Gasteiger partial charge is 0.451 e. The fourth-order valence-corrected chi connectivity index (χ4v) is 2.48. The van der Waals surface area contributed by atoms with Gasteiger partial charge < -0.3 is 19.4 Å². The lowest BCUT2D eigenvalue weighted by molar-refractivity contribution is 0.0992. The molecule has 1 amide bonds. The number of hydrogen-bond donors (Lipinski definition) is 1. The summed E-state index contributed by atoms with van der Waals surface area (Å²) in [7, 11) is 5.41. The highest BCUT2D eigenvalue weighted by Gasteiger charge is 2.20. The third-order valence-corrected chi connectivity index (χ3v) is 3.66. The fourth-order valence-electron chi connectivity index (χ4n) is 2.48. The molecule has 0 radical (unpaired) electrons. The van der Waals surface area contributed by atoms with E-state index in [-0.39, 0.29) is 11.7 Å². The van der Waals surface area contributed by atoms with Crippen LogP contribution in [0.4, 0.5) is 11.5 Å². The molecular formula is C18H19N3O3. The molecule has 0 aliphatic heterocycles. The molecule has 1 aromatic carbocycles. The van der Waals surface area contributed by atoms with Crippen LogP contribution in [0.5, 0.6) is 0 Å². The Hall–Kier alpha value is -2.86. The number of benzene rings is 1. The average molecular weight is 325 g/mol. The lowest BCUT2D eigenvalue weighted by Crippen LogP contribution is -2.14. The number of carbonyl (C=O) groups excluding carboxylic acids is 1. The number of methoxy groups -OCH3 is 1. The monoisotopic (exact) mass is 325 g/mol. The third-order valence-electron chi connectivity index (χ3n) is 3.66. The molecule has 6 heteroatoms. The summed E-state index contributed by atoms with van der Waals surface area (Å²) in [4.78, 5) is 18.8. The summed E-state index contributed by atoms with van der Waals surface area (Å²) in [5.41, 5.74) is 2.01. The Morgan fingerprint density at radius 2 is 2.04 bits per heavy atom. The van der Waals surface area contributed by atoms with Crippen molar-refractivity contribution in [2.24, 2.45) is 0 Å². The lowest BCUT2D eigenvalue weighted by atomic mass is 10.1. The number of nitrogens with one attached hydrogen (secondary N) is 1. The van der Waals surface area contributed by atoms with E-state index in [1.54, 1.807) is 19.4 Å². The highest BCUT2D eigenvalue weighted by Crippen LogP contribution is 2.27. The highest BCUT2D eigenvalue weighted by molar-refractivity contribution is 6.06. The van der Waals surface area contributed by atoms with E-state index >= 15 is 0 Å². The van der Waals surface area contributed by atoms with Crippen LogP contribution in [-0.4, -0.2) is 32.1 Å². The molecule has 0 aliphatic rings. The zero-order valence-corrected chi connectivity index (χ0v) is 13.9. The molecule has 0 saturated carbocycles. The second kappa shape index (κ2) is 6.72. The molecular weight excluding hydrogens is 306 g/mol. The maximum Gasteiger partial charge on any atom is 0.291 e. The Bertz CT molecular complexity index is 854. The van der Waals surface area contributed by atoms with Crippen molar-refractivity contribution in [3.8, 4) is 0 Å². The van der Waals surface area contributed by atoms with Gasteiger partial charge in [-0.05, 0) is 18.2 Å². The number of anilines is 2. The molecule has 0 spiro atoms. The lowest BCUT2D eigenvalue weighted by Gasteiger charge is -2.11. The predicted octanol–water partition coefficient (Wildman–Crippen LogP) is 3.29. The number of furan rings is 1. The smallest absolute Gasteiger partial charge is 0.291 e. The second-order valence-corrected chi connectivity index (χ2v) is 5.59. The van der Waals surface area contributed by atoms with Crippen LogP contribution in [-0.2, 0) is 11.3 Å². The van der Waals surface area contributed by atoms with E-state index in [2.05, 4.69) is 10.3 Å². The van der Waals surface area contributed by atoms with Crippen LogP contribution in [0.25, 0.3) is 11.0 Å². The molecule has 1 N–H and O–H groups in total. The van der Waals surface area contributed by atoms with Crippen molar-refractivity contribution in [1.29, 1.82) is 0 Å². The molecule has 3 rings (SSSR count). The fraction of sp³-hybridized carbons (Fsp3) is 0.222. The van der Waals surface area contributed by atoms with Crippen LogP contribution in [0.3, 0.4) is 0 Å². The van der Waals surface area contributed by atoms with Crippen LogP contribution >= 0.6 is 0 Å². The van der Waals surface area contributed by atoms with Gasteiger partial charge in [-0.1, -0.05) is 18.2 Å². The molecule has 0 aliphatic carbocycles. The highest BCUT2D eigenvalue weighted by atomic mass is 16.5. The number of fused-ring (bicyclic) bond motifs is 1. The zero-order chi connectivity index (χ0) is 17.1. The first-order valence-corrected chi connectivity index (χ1v) is 7.54. The molecule has 3 aromatic rings. The molecule has 0 bridgehead atoms. The molecule has 0 fully saturated rings. The van der Waals surface area contributed by atoms with Gasteiger partial charge in [-0.2, -0.15) is 0 Å². The van der Waals surface area contributed by atoms with Crippen molar-refractivity contribution in [1.82, 2.24) is 4.98 Å². The minimum Gasteiger partial charge on any atom is -0.451 e. The van der Waals surface area contributed by atoms with Crippen molar-refractivity contribution in [2.45, 2.75) is 6.61 Å². The third kappa shape index (κ3) is 3.09. The van der Waals surface area contributed by atoms with Crippen molar-refractivity contribution >= 4 is 28.4 Å². The van der Waals surface area contributed by atoms with Crippen molar-refractivity contribution in [2.75, 3.05) is 31.4 Å². The van der Waals surface area contributed by atoms with Gasteiger partial charge in [-0.25, -0.2) is 4.98 Å². The van der Waals surface area contributed by atoms with E-state index in [0.717, 1.165) is 16.8 Å². The Labute approximate surface area is 140 Å². The van der Waals surface area contributed by atoms with Gasteiger partial charge in [-0.3, -0.25) is 4.79 Å². The first-order valence-electron chi connectivity index (χ1n) is 7.54. The maximum atomic E-state index is 12.6. The van der Waals surface area contributed by atoms with Crippen LogP contribution in [0.1, 0.15) is 16.1 Å². The summed E-state index contributed by atoms with van der Waals surface area (Å²) in [5.74, 6) is 0.754. The quantitative estimate of drug-likeness (QED) is 0.779. The van der Waals surface area contributed by atoms with Crippen LogP contribution < -0.4 is 10.2 Å². The number of ether oxygens (including phenoxy) is 1. The number of aromatic nitrogens is 1. The van der Waals surface area contributed by atoms with E-state index < -0.39 is 0 Å². The Balaban J connectivity index is 1.89. The molecule has 0 atom stereocenters. The molecule has 124 valence electrons. The van der Waals surface area contributed by atoms with Gasteiger partial charge in [-0.15, -0.1) is 0 Å². The summed E-state index contributed by atoms with van der Waals surface area (Å²) >= 11 is 0. The predicted molar refractivity (Wildman–Crippen MR) is 93.4 cm³/mol. The minimum atomic E-state index is -0.322. The normalized spacial score (nSPS) is 10.8. The number of carbonyl (C=O) groups is 1. The number of hydrogen-bond acceptors (Lipinski definition) is 5. The van der Waals surface area contributed by atoms with E-state index in [4.69, 9.17) is 9.15 Å². The van der Waals surface area contributed by atoms with E-state index in [1.165, 1.54) is 0 Å². The summed E-state index contributed by atoms with van der Waals surface area (Å²) in [6.07, 6.45) is 1.62. The van der Waals surface area contributed by atoms with Crippen molar-refractivity contribution in [3.63, 3.8) is 0 Å². The number of nitrogens with zero attached hydrogens (tertiary/aromatic N) is 2. The van der Waals surface area contributed by atoms with Gasteiger partial charge in [0.05, 0.1) is 18.5 Å². The van der Waals surface area contributed by atoms with E-state index in [0.29, 0.717) is 17.9 Å². The number of amides is 1. The first-order chi connectivity index (χ1) is 11.6. The van der Waals surface area contributed by atoms with Gasteiger partial charge in [0.25, 0.3) is 5.91 Å². The summed E-state index contributed by atoms with van der Waals surface area (Å²) in [6, 6.07) is 11.2. The zero-order valence-electron chi connectivity index (χ0n) is 13.9. The molecule has 2 heterocycles. The molecule has 6 nitrogen and oxygen atoms in total. The molecule has 0 unspecified atom stereocenters. The Morgan fingerprint density at radius 1 is 1.25 bits per heavy atom. The van der Waals surface area contributed by atoms with Gasteiger partial charge >= 0.3 is 0 Å². The average Bonchev–Trinajstić information content (AvgIpc) is 2.95. The Kier molecular flexibility index (Phi) is 4.48. The van der Waals surface area contributed by atoms with Crippen molar-refractivity contribution < 1.29 is 13.9 Å². The molecule has 24 heavy (non-hydrogen) atoms. The number of rotatable bonds is 5. The number of pyridine rings is 1. The SMILES string of the molecule is COCc1c(C(=O)Nc2ccc(N(C)C)nc2)oc2ccccc12. The Morgan fingerprint density at radius 3 is 2.71 bits per heavy atom. The number of para-hydroxylation sites is 1. The van der Waals surface area contributed by atoms with Crippen molar-refractivity contribution in [3.05, 3.63) is 53.9 Å². The van der Waals surface area contributed by atoms with Gasteiger partial charge in [0.2, 0.25) is 0 Å². The summed E-state index contributed by atoms with van der Waals surface area (Å²) in [6.45, 7) is 0.303. The van der Waals surface area contributed by atoms with Gasteiger partial charge in [0.1, 0.15) is 11.4 Å². The van der Waals surface area contributed by atoms with Crippen LogP contribution in [0.2, 0.25) is 0 Å². The summed E-state index contributed by atoms with van der Waals surface area (Å²) < 4.78 is 10.9.